The Morgan fingerprint density at radius 1 is 1.28 bits per heavy atom. The molecule has 1 fully saturated rings. The summed E-state index contributed by atoms with van der Waals surface area (Å²) in [4.78, 5) is 4.11. The van der Waals surface area contributed by atoms with Gasteiger partial charge in [0.15, 0.2) is 0 Å². The highest BCUT2D eigenvalue weighted by Crippen LogP contribution is 2.33. The lowest BCUT2D eigenvalue weighted by molar-refractivity contribution is 0.322. The number of nitrogens with zero attached hydrogens (tertiary/aromatic N) is 2. The maximum Gasteiger partial charge on any atom is 0.123 e. The summed E-state index contributed by atoms with van der Waals surface area (Å²) in [5.74, 6) is 0.243. The second kappa shape index (κ2) is 4.90. The lowest BCUT2D eigenvalue weighted by Gasteiger charge is -2.33. The van der Waals surface area contributed by atoms with Gasteiger partial charge >= 0.3 is 0 Å². The lowest BCUT2D eigenvalue weighted by atomic mass is 9.86. The second-order valence-corrected chi connectivity index (χ2v) is 4.73. The van der Waals surface area contributed by atoms with Gasteiger partial charge in [-0.2, -0.15) is 0 Å². The number of halogens is 1. The summed E-state index contributed by atoms with van der Waals surface area (Å²) in [5.41, 5.74) is 1.21. The van der Waals surface area contributed by atoms with Crippen LogP contribution in [0.25, 0.3) is 0 Å². The molecule has 1 aliphatic rings. The standard InChI is InChI=1S/C14H16FN3/c15-12-3-1-11(2-4-12)13-5-6-16-9-14(13)18-8-7-17-10-18/h1-4,7-8,10,13-14,16H,5-6,9H2/t13?,14-/m0/s1. The molecule has 1 aromatic heterocycles. The predicted molar refractivity (Wildman–Crippen MR) is 67.9 cm³/mol. The van der Waals surface area contributed by atoms with E-state index in [4.69, 9.17) is 0 Å². The van der Waals surface area contributed by atoms with Crippen LogP contribution in [0.3, 0.4) is 0 Å². The number of rotatable bonds is 2. The molecular weight excluding hydrogens is 229 g/mol. The van der Waals surface area contributed by atoms with Crippen LogP contribution in [-0.2, 0) is 0 Å². The number of aromatic nitrogens is 2. The molecule has 1 saturated heterocycles. The number of nitrogens with one attached hydrogen (secondary N) is 1. The van der Waals surface area contributed by atoms with Crippen LogP contribution in [0, 0.1) is 5.82 Å². The van der Waals surface area contributed by atoms with E-state index in [-0.39, 0.29) is 5.82 Å². The Morgan fingerprint density at radius 3 is 2.83 bits per heavy atom. The summed E-state index contributed by atoms with van der Waals surface area (Å²) < 4.78 is 15.1. The molecule has 0 saturated carbocycles. The average Bonchev–Trinajstić information content (AvgIpc) is 2.93. The van der Waals surface area contributed by atoms with Crippen molar-refractivity contribution in [3.8, 4) is 0 Å². The minimum absolute atomic E-state index is 0.174. The molecule has 3 nitrogen and oxygen atoms in total. The number of imidazole rings is 1. The topological polar surface area (TPSA) is 29.9 Å². The summed E-state index contributed by atoms with van der Waals surface area (Å²) in [6.07, 6.45) is 6.72. The van der Waals surface area contributed by atoms with Crippen molar-refractivity contribution in [1.82, 2.24) is 14.9 Å². The van der Waals surface area contributed by atoms with Gasteiger partial charge in [0.25, 0.3) is 0 Å². The van der Waals surface area contributed by atoms with Crippen LogP contribution >= 0.6 is 0 Å². The molecule has 94 valence electrons. The smallest absolute Gasteiger partial charge is 0.123 e. The van der Waals surface area contributed by atoms with Crippen molar-refractivity contribution in [3.05, 3.63) is 54.4 Å². The van der Waals surface area contributed by atoms with Crippen LogP contribution in [0.5, 0.6) is 0 Å². The van der Waals surface area contributed by atoms with E-state index in [9.17, 15) is 4.39 Å². The predicted octanol–water partition coefficient (Wildman–Crippen LogP) is 2.34. The first kappa shape index (κ1) is 11.4. The normalized spacial score (nSPS) is 24.1. The van der Waals surface area contributed by atoms with Crippen molar-refractivity contribution in [2.75, 3.05) is 13.1 Å². The minimum atomic E-state index is -0.174. The molecule has 1 N–H and O–H groups in total. The molecule has 1 aromatic carbocycles. The SMILES string of the molecule is Fc1ccc(C2CCNC[C@@H]2n2ccnc2)cc1. The molecule has 0 radical (unpaired) electrons. The van der Waals surface area contributed by atoms with Gasteiger partial charge in [0, 0.05) is 24.9 Å². The molecule has 0 aliphatic carbocycles. The molecule has 0 spiro atoms. The van der Waals surface area contributed by atoms with E-state index in [1.165, 1.54) is 5.56 Å². The molecule has 4 heteroatoms. The van der Waals surface area contributed by atoms with Crippen LogP contribution in [0.15, 0.2) is 43.0 Å². The van der Waals surface area contributed by atoms with Gasteiger partial charge in [-0.25, -0.2) is 9.37 Å². The van der Waals surface area contributed by atoms with E-state index in [0.29, 0.717) is 12.0 Å². The highest BCUT2D eigenvalue weighted by atomic mass is 19.1. The van der Waals surface area contributed by atoms with E-state index in [1.54, 1.807) is 18.3 Å². The highest BCUT2D eigenvalue weighted by Gasteiger charge is 2.27. The van der Waals surface area contributed by atoms with Gasteiger partial charge in [-0.3, -0.25) is 0 Å². The van der Waals surface area contributed by atoms with Gasteiger partial charge in [-0.05, 0) is 30.7 Å². The lowest BCUT2D eigenvalue weighted by Crippen LogP contribution is -2.36. The molecule has 18 heavy (non-hydrogen) atoms. The third-order valence-corrected chi connectivity index (χ3v) is 3.66. The van der Waals surface area contributed by atoms with Gasteiger partial charge in [0.05, 0.1) is 12.4 Å². The number of piperidine rings is 1. The largest absolute Gasteiger partial charge is 0.333 e. The van der Waals surface area contributed by atoms with Crippen LogP contribution in [0.1, 0.15) is 23.9 Å². The molecule has 0 amide bonds. The zero-order chi connectivity index (χ0) is 12.4. The van der Waals surface area contributed by atoms with Gasteiger partial charge in [-0.1, -0.05) is 12.1 Å². The number of benzene rings is 1. The van der Waals surface area contributed by atoms with Crippen molar-refractivity contribution in [2.45, 2.75) is 18.4 Å². The maximum atomic E-state index is 13.0. The number of hydrogen-bond acceptors (Lipinski definition) is 2. The summed E-state index contributed by atoms with van der Waals surface area (Å²) in [6, 6.07) is 7.24. The fourth-order valence-electron chi connectivity index (χ4n) is 2.72. The molecule has 0 bridgehead atoms. The molecule has 2 atom stereocenters. The first-order valence-electron chi connectivity index (χ1n) is 6.28. The fraction of sp³-hybridized carbons (Fsp3) is 0.357. The molecule has 2 aromatic rings. The van der Waals surface area contributed by atoms with Crippen molar-refractivity contribution < 1.29 is 4.39 Å². The average molecular weight is 245 g/mol. The molecule has 1 aliphatic heterocycles. The monoisotopic (exact) mass is 245 g/mol. The van der Waals surface area contributed by atoms with E-state index >= 15 is 0 Å². The summed E-state index contributed by atoms with van der Waals surface area (Å²) in [5, 5.41) is 3.41. The van der Waals surface area contributed by atoms with E-state index in [0.717, 1.165) is 19.5 Å². The first-order valence-corrected chi connectivity index (χ1v) is 6.28. The zero-order valence-corrected chi connectivity index (χ0v) is 10.1. The van der Waals surface area contributed by atoms with Crippen LogP contribution in [0.4, 0.5) is 4.39 Å². The summed E-state index contributed by atoms with van der Waals surface area (Å²) >= 11 is 0. The maximum absolute atomic E-state index is 13.0. The van der Waals surface area contributed by atoms with E-state index < -0.39 is 0 Å². The molecule has 1 unspecified atom stereocenters. The van der Waals surface area contributed by atoms with Crippen LogP contribution < -0.4 is 5.32 Å². The summed E-state index contributed by atoms with van der Waals surface area (Å²) in [6.45, 7) is 1.94. The second-order valence-electron chi connectivity index (χ2n) is 4.73. The quantitative estimate of drug-likeness (QED) is 0.880. The third kappa shape index (κ3) is 2.16. The van der Waals surface area contributed by atoms with Crippen LogP contribution in [0.2, 0.25) is 0 Å². The van der Waals surface area contributed by atoms with Crippen LogP contribution in [-0.4, -0.2) is 22.6 Å². The van der Waals surface area contributed by atoms with Gasteiger partial charge in [0.1, 0.15) is 5.82 Å². The van der Waals surface area contributed by atoms with Gasteiger partial charge < -0.3 is 9.88 Å². The molecular formula is C14H16FN3. The van der Waals surface area contributed by atoms with E-state index in [1.807, 2.05) is 24.7 Å². The Hall–Kier alpha value is -1.68. The van der Waals surface area contributed by atoms with Gasteiger partial charge in [-0.15, -0.1) is 0 Å². The number of hydrogen-bond donors (Lipinski definition) is 1. The Labute approximate surface area is 106 Å². The Morgan fingerprint density at radius 2 is 2.11 bits per heavy atom. The molecule has 2 heterocycles. The summed E-state index contributed by atoms with van der Waals surface area (Å²) in [7, 11) is 0. The Balaban J connectivity index is 1.90. The first-order chi connectivity index (χ1) is 8.84. The van der Waals surface area contributed by atoms with E-state index in [2.05, 4.69) is 14.9 Å². The van der Waals surface area contributed by atoms with Crippen molar-refractivity contribution in [1.29, 1.82) is 0 Å². The van der Waals surface area contributed by atoms with Crippen molar-refractivity contribution >= 4 is 0 Å². The van der Waals surface area contributed by atoms with Crippen molar-refractivity contribution in [3.63, 3.8) is 0 Å². The Kier molecular flexibility index (Phi) is 3.11. The van der Waals surface area contributed by atoms with Gasteiger partial charge in [0.2, 0.25) is 0 Å². The third-order valence-electron chi connectivity index (χ3n) is 3.66. The minimum Gasteiger partial charge on any atom is -0.333 e. The zero-order valence-electron chi connectivity index (χ0n) is 10.1. The van der Waals surface area contributed by atoms with Crippen molar-refractivity contribution in [2.24, 2.45) is 0 Å². The highest BCUT2D eigenvalue weighted by molar-refractivity contribution is 5.23. The fourth-order valence-corrected chi connectivity index (χ4v) is 2.72. The Bertz CT molecular complexity index is 492. The molecule has 3 rings (SSSR count).